The topological polar surface area (TPSA) is 86.2 Å². The molecular formula is C22H21N3O4. The van der Waals surface area contributed by atoms with E-state index in [-0.39, 0.29) is 18.0 Å². The quantitative estimate of drug-likeness (QED) is 0.582. The lowest BCUT2D eigenvalue weighted by Gasteiger charge is -2.21. The van der Waals surface area contributed by atoms with Crippen molar-refractivity contribution in [2.45, 2.75) is 32.9 Å². The van der Waals surface area contributed by atoms with Crippen LogP contribution in [-0.4, -0.2) is 20.6 Å². The molecule has 2 aromatic carbocycles. The average Bonchev–Trinajstić information content (AvgIpc) is 3.05. The molecule has 148 valence electrons. The first kappa shape index (κ1) is 18.7. The van der Waals surface area contributed by atoms with Crippen molar-refractivity contribution in [3.8, 4) is 5.69 Å². The first-order valence-corrected chi connectivity index (χ1v) is 9.30. The Labute approximate surface area is 166 Å². The summed E-state index contributed by atoms with van der Waals surface area (Å²) in [7, 11) is 0. The maximum Gasteiger partial charge on any atom is 0.336 e. The maximum atomic E-state index is 13.4. The Hall–Kier alpha value is -3.61. The third-order valence-electron chi connectivity index (χ3n) is 4.49. The van der Waals surface area contributed by atoms with E-state index in [4.69, 9.17) is 4.42 Å². The van der Waals surface area contributed by atoms with Crippen LogP contribution >= 0.6 is 0 Å². The second kappa shape index (κ2) is 6.77. The van der Waals surface area contributed by atoms with Crippen molar-refractivity contribution in [1.82, 2.24) is 14.5 Å². The van der Waals surface area contributed by atoms with E-state index in [0.717, 1.165) is 4.57 Å². The van der Waals surface area contributed by atoms with Crippen molar-refractivity contribution >= 4 is 28.0 Å². The summed E-state index contributed by atoms with van der Waals surface area (Å²) in [5.41, 5.74) is -0.342. The third-order valence-corrected chi connectivity index (χ3v) is 4.49. The largest absolute Gasteiger partial charge is 0.449 e. The molecule has 7 heteroatoms. The first-order chi connectivity index (χ1) is 13.8. The van der Waals surface area contributed by atoms with Gasteiger partial charge in [-0.05, 0) is 45.0 Å². The molecule has 0 aliphatic heterocycles. The van der Waals surface area contributed by atoms with Crippen LogP contribution in [0.4, 0.5) is 0 Å². The monoisotopic (exact) mass is 391 g/mol. The van der Waals surface area contributed by atoms with Gasteiger partial charge in [0.1, 0.15) is 17.6 Å². The lowest BCUT2D eigenvalue weighted by atomic mass is 10.1. The summed E-state index contributed by atoms with van der Waals surface area (Å²) in [5, 5.41) is 3.47. The van der Waals surface area contributed by atoms with Gasteiger partial charge < -0.3 is 9.73 Å². The normalized spacial score (nSPS) is 11.8. The molecule has 1 amide bonds. The Balaban J connectivity index is 2.05. The molecule has 2 aromatic heterocycles. The van der Waals surface area contributed by atoms with Gasteiger partial charge in [0.15, 0.2) is 0 Å². The molecule has 0 aliphatic rings. The van der Waals surface area contributed by atoms with E-state index in [1.54, 1.807) is 54.6 Å². The van der Waals surface area contributed by atoms with Gasteiger partial charge in [0.2, 0.25) is 11.5 Å². The minimum absolute atomic E-state index is 0.0400. The van der Waals surface area contributed by atoms with Crippen LogP contribution in [0.15, 0.2) is 68.6 Å². The fourth-order valence-corrected chi connectivity index (χ4v) is 3.40. The van der Waals surface area contributed by atoms with Gasteiger partial charge in [0.05, 0.1) is 5.69 Å². The van der Waals surface area contributed by atoms with Crippen molar-refractivity contribution in [2.75, 3.05) is 0 Å². The van der Waals surface area contributed by atoms with Crippen molar-refractivity contribution in [3.05, 3.63) is 75.4 Å². The van der Waals surface area contributed by atoms with Gasteiger partial charge >= 0.3 is 11.2 Å². The van der Waals surface area contributed by atoms with Crippen molar-refractivity contribution < 1.29 is 9.21 Å². The lowest BCUT2D eigenvalue weighted by molar-refractivity contribution is -0.123. The molecule has 4 aromatic rings. The van der Waals surface area contributed by atoms with E-state index in [1.807, 2.05) is 20.8 Å². The number of carbonyl (C=O) groups is 1. The summed E-state index contributed by atoms with van der Waals surface area (Å²) < 4.78 is 8.14. The average molecular weight is 391 g/mol. The van der Waals surface area contributed by atoms with Crippen LogP contribution in [0, 0.1) is 0 Å². The van der Waals surface area contributed by atoms with Gasteiger partial charge in [-0.25, -0.2) is 9.36 Å². The van der Waals surface area contributed by atoms with Crippen LogP contribution in [0.2, 0.25) is 0 Å². The van der Waals surface area contributed by atoms with Crippen LogP contribution in [0.1, 0.15) is 20.8 Å². The molecule has 0 unspecified atom stereocenters. The number of nitrogens with zero attached hydrogens (tertiary/aromatic N) is 2. The molecule has 29 heavy (non-hydrogen) atoms. The number of rotatable bonds is 3. The summed E-state index contributed by atoms with van der Waals surface area (Å²) in [6.45, 7) is 5.35. The van der Waals surface area contributed by atoms with Crippen molar-refractivity contribution in [3.63, 3.8) is 0 Å². The van der Waals surface area contributed by atoms with Gasteiger partial charge in [-0.3, -0.25) is 14.2 Å². The minimum atomic E-state index is -0.593. The SMILES string of the molecule is CC(C)(C)NC(=O)Cn1c(=O)n(-c2ccccc2)c(=O)c2oc3ccccc3c21. The first-order valence-electron chi connectivity index (χ1n) is 9.30. The smallest absolute Gasteiger partial charge is 0.336 e. The molecule has 1 N–H and O–H groups in total. The Morgan fingerprint density at radius 3 is 2.34 bits per heavy atom. The van der Waals surface area contributed by atoms with Gasteiger partial charge in [-0.1, -0.05) is 30.3 Å². The van der Waals surface area contributed by atoms with Crippen LogP contribution in [0.5, 0.6) is 0 Å². The molecular weight excluding hydrogens is 370 g/mol. The van der Waals surface area contributed by atoms with Crippen LogP contribution in [0.3, 0.4) is 0 Å². The zero-order valence-electron chi connectivity index (χ0n) is 16.4. The molecule has 0 saturated carbocycles. The van der Waals surface area contributed by atoms with E-state index in [2.05, 4.69) is 5.32 Å². The van der Waals surface area contributed by atoms with Crippen molar-refractivity contribution in [1.29, 1.82) is 0 Å². The number of fused-ring (bicyclic) bond motifs is 3. The highest BCUT2D eigenvalue weighted by molar-refractivity contribution is 6.02. The van der Waals surface area contributed by atoms with Crippen LogP contribution in [-0.2, 0) is 11.3 Å². The number of hydrogen-bond donors (Lipinski definition) is 1. The molecule has 0 fully saturated rings. The van der Waals surface area contributed by atoms with Crippen LogP contribution in [0.25, 0.3) is 27.8 Å². The predicted octanol–water partition coefficient (Wildman–Crippen LogP) is 2.81. The highest BCUT2D eigenvalue weighted by Gasteiger charge is 2.23. The Morgan fingerprint density at radius 1 is 1.00 bits per heavy atom. The molecule has 0 radical (unpaired) electrons. The number of aromatic nitrogens is 2. The highest BCUT2D eigenvalue weighted by Crippen LogP contribution is 2.25. The summed E-state index contributed by atoms with van der Waals surface area (Å²) in [6.07, 6.45) is 0. The lowest BCUT2D eigenvalue weighted by Crippen LogP contribution is -2.45. The minimum Gasteiger partial charge on any atom is -0.449 e. The molecule has 4 rings (SSSR count). The highest BCUT2D eigenvalue weighted by atomic mass is 16.3. The summed E-state index contributed by atoms with van der Waals surface area (Å²) in [5.74, 6) is -0.329. The Bertz CT molecular complexity index is 1340. The number of benzene rings is 2. The van der Waals surface area contributed by atoms with E-state index < -0.39 is 16.8 Å². The molecule has 0 spiro atoms. The molecule has 7 nitrogen and oxygen atoms in total. The van der Waals surface area contributed by atoms with E-state index >= 15 is 0 Å². The fraction of sp³-hybridized carbons (Fsp3) is 0.227. The number of hydrogen-bond acceptors (Lipinski definition) is 4. The number of amides is 1. The number of furan rings is 1. The zero-order chi connectivity index (χ0) is 20.8. The summed E-state index contributed by atoms with van der Waals surface area (Å²) in [4.78, 5) is 39.1. The Morgan fingerprint density at radius 2 is 1.66 bits per heavy atom. The number of para-hydroxylation sites is 2. The molecule has 0 bridgehead atoms. The summed E-state index contributed by atoms with van der Waals surface area (Å²) in [6, 6.07) is 15.7. The fourth-order valence-electron chi connectivity index (χ4n) is 3.40. The molecule has 2 heterocycles. The maximum absolute atomic E-state index is 13.4. The van der Waals surface area contributed by atoms with Gasteiger partial charge in [-0.2, -0.15) is 0 Å². The number of nitrogens with one attached hydrogen (secondary N) is 1. The molecule has 0 aliphatic carbocycles. The van der Waals surface area contributed by atoms with Gasteiger partial charge in [-0.15, -0.1) is 0 Å². The van der Waals surface area contributed by atoms with Gasteiger partial charge in [0.25, 0.3) is 0 Å². The second-order valence-corrected chi connectivity index (χ2v) is 7.92. The van der Waals surface area contributed by atoms with E-state index in [0.29, 0.717) is 22.2 Å². The summed E-state index contributed by atoms with van der Waals surface area (Å²) >= 11 is 0. The molecule has 0 atom stereocenters. The Kier molecular flexibility index (Phi) is 4.38. The van der Waals surface area contributed by atoms with Crippen LogP contribution < -0.4 is 16.6 Å². The zero-order valence-corrected chi connectivity index (χ0v) is 16.4. The van der Waals surface area contributed by atoms with E-state index in [9.17, 15) is 14.4 Å². The molecule has 0 saturated heterocycles. The predicted molar refractivity (Wildman–Crippen MR) is 111 cm³/mol. The standard InChI is InChI=1S/C22H21N3O4/c1-22(2,3)23-17(26)13-24-18-15-11-7-8-12-16(15)29-19(18)20(27)25(21(24)28)14-9-5-4-6-10-14/h4-12H,13H2,1-3H3,(H,23,26). The van der Waals surface area contributed by atoms with Crippen molar-refractivity contribution in [2.24, 2.45) is 0 Å². The number of carbonyl (C=O) groups excluding carboxylic acids is 1. The third kappa shape index (κ3) is 3.35. The van der Waals surface area contributed by atoms with Gasteiger partial charge in [0, 0.05) is 10.9 Å². The second-order valence-electron chi connectivity index (χ2n) is 7.92. The van der Waals surface area contributed by atoms with E-state index in [1.165, 1.54) is 4.57 Å².